The highest BCUT2D eigenvalue weighted by Crippen LogP contribution is 2.36. The average molecular weight is 354 g/mol. The number of thiazole rings is 1. The van der Waals surface area contributed by atoms with E-state index in [1.807, 2.05) is 12.1 Å². The van der Waals surface area contributed by atoms with E-state index in [0.29, 0.717) is 16.3 Å². The van der Waals surface area contributed by atoms with E-state index >= 15 is 0 Å². The number of benzene rings is 1. The maximum Gasteiger partial charge on any atom is 0.294 e. The molecule has 0 radical (unpaired) electrons. The predicted octanol–water partition coefficient (Wildman–Crippen LogP) is 2.32. The topological polar surface area (TPSA) is 69.9 Å². The summed E-state index contributed by atoms with van der Waals surface area (Å²) in [6, 6.07) is 6.92. The van der Waals surface area contributed by atoms with Gasteiger partial charge in [-0.2, -0.15) is 8.42 Å². The number of aryl methyl sites for hydroxylation is 1. The van der Waals surface area contributed by atoms with Gasteiger partial charge in [-0.15, -0.1) is 15.7 Å². The van der Waals surface area contributed by atoms with Crippen LogP contribution in [0.15, 0.2) is 38.3 Å². The van der Waals surface area contributed by atoms with Gasteiger partial charge in [0.15, 0.2) is 11.5 Å². The molecule has 114 valence electrons. The lowest BCUT2D eigenvalue weighted by Gasteiger charge is -1.98. The lowest BCUT2D eigenvalue weighted by Crippen LogP contribution is -2.13. The first kappa shape index (κ1) is 13.8. The monoisotopic (exact) mass is 354 g/mol. The molecule has 0 aliphatic carbocycles. The smallest absolute Gasteiger partial charge is 0.294 e. The Morgan fingerprint density at radius 3 is 2.77 bits per heavy atom. The summed E-state index contributed by atoms with van der Waals surface area (Å²) in [6.07, 6.45) is 0. The van der Waals surface area contributed by atoms with Crippen molar-refractivity contribution >= 4 is 42.9 Å². The van der Waals surface area contributed by atoms with Crippen molar-refractivity contribution in [1.29, 1.82) is 0 Å². The van der Waals surface area contributed by atoms with Gasteiger partial charge in [-0.3, -0.25) is 0 Å². The Morgan fingerprint density at radius 2 is 2.05 bits per heavy atom. The molecule has 22 heavy (non-hydrogen) atoms. The molecule has 0 amide bonds. The van der Waals surface area contributed by atoms with Crippen LogP contribution in [0.3, 0.4) is 0 Å². The highest BCUT2D eigenvalue weighted by Gasteiger charge is 2.18. The normalized spacial score (nSPS) is 14.9. The Kier molecular flexibility index (Phi) is 3.03. The molecule has 0 fully saturated rings. The molecule has 0 saturated carbocycles. The van der Waals surface area contributed by atoms with Gasteiger partial charge >= 0.3 is 0 Å². The molecule has 9 heteroatoms. The summed E-state index contributed by atoms with van der Waals surface area (Å²) in [5, 5.41) is 1.71. The molecular formula is C13H10N2O4S3. The highest BCUT2D eigenvalue weighted by atomic mass is 32.2. The van der Waals surface area contributed by atoms with Crippen LogP contribution in [-0.2, 0) is 17.1 Å². The molecule has 1 aromatic carbocycles. The number of sulfonamides is 1. The summed E-state index contributed by atoms with van der Waals surface area (Å²) in [5.74, 6) is 1.33. The van der Waals surface area contributed by atoms with Gasteiger partial charge in [0.05, 0.1) is 10.2 Å². The zero-order valence-electron chi connectivity index (χ0n) is 11.3. The second-order valence-electron chi connectivity index (χ2n) is 4.62. The molecule has 0 atom stereocenters. The van der Waals surface area contributed by atoms with Gasteiger partial charge in [0.1, 0.15) is 4.21 Å². The first-order valence-electron chi connectivity index (χ1n) is 6.28. The molecule has 0 spiro atoms. The molecular weight excluding hydrogens is 344 g/mol. The number of fused-ring (bicyclic) bond motifs is 2. The molecule has 0 N–H and O–H groups in total. The van der Waals surface area contributed by atoms with Crippen LogP contribution in [-0.4, -0.2) is 19.8 Å². The SMILES string of the molecule is Cn1c(=NS(=O)(=O)c2cccs2)sc2cc3c(cc21)OCO3. The molecule has 4 rings (SSSR count). The van der Waals surface area contributed by atoms with Crippen molar-refractivity contribution < 1.29 is 17.9 Å². The van der Waals surface area contributed by atoms with Crippen LogP contribution in [0.1, 0.15) is 0 Å². The third-order valence-corrected chi connectivity index (χ3v) is 7.10. The Hall–Kier alpha value is -1.84. The van der Waals surface area contributed by atoms with E-state index in [1.165, 1.54) is 11.3 Å². The quantitative estimate of drug-likeness (QED) is 0.708. The van der Waals surface area contributed by atoms with Crippen LogP contribution in [0.5, 0.6) is 11.5 Å². The zero-order valence-corrected chi connectivity index (χ0v) is 13.8. The van der Waals surface area contributed by atoms with E-state index in [0.717, 1.165) is 21.6 Å². The molecule has 0 bridgehead atoms. The van der Waals surface area contributed by atoms with Crippen molar-refractivity contribution in [2.45, 2.75) is 4.21 Å². The molecule has 1 aliphatic heterocycles. The van der Waals surface area contributed by atoms with E-state index in [2.05, 4.69) is 4.40 Å². The van der Waals surface area contributed by atoms with Crippen molar-refractivity contribution in [1.82, 2.24) is 4.57 Å². The summed E-state index contributed by atoms with van der Waals surface area (Å²) in [4.78, 5) is 0.409. The number of nitrogens with zero attached hydrogens (tertiary/aromatic N) is 2. The second-order valence-corrected chi connectivity index (χ2v) is 8.40. The molecule has 0 saturated heterocycles. The Balaban J connectivity index is 1.93. The van der Waals surface area contributed by atoms with E-state index in [-0.39, 0.29) is 11.0 Å². The van der Waals surface area contributed by atoms with Crippen LogP contribution in [0.25, 0.3) is 10.2 Å². The number of hydrogen-bond acceptors (Lipinski definition) is 6. The van der Waals surface area contributed by atoms with Crippen LogP contribution in [0, 0.1) is 0 Å². The average Bonchev–Trinajstić information content (AvgIpc) is 3.19. The van der Waals surface area contributed by atoms with E-state index in [9.17, 15) is 8.42 Å². The fourth-order valence-corrected chi connectivity index (χ4v) is 5.39. The molecule has 0 unspecified atom stereocenters. The Morgan fingerprint density at radius 1 is 1.27 bits per heavy atom. The third-order valence-electron chi connectivity index (χ3n) is 3.25. The van der Waals surface area contributed by atoms with Crippen LogP contribution in [0.4, 0.5) is 0 Å². The number of aromatic nitrogens is 1. The van der Waals surface area contributed by atoms with Crippen molar-refractivity contribution in [3.8, 4) is 11.5 Å². The summed E-state index contributed by atoms with van der Waals surface area (Å²) in [7, 11) is -1.90. The molecule has 2 aromatic heterocycles. The fraction of sp³-hybridized carbons (Fsp3) is 0.154. The minimum absolute atomic E-state index is 0.209. The van der Waals surface area contributed by atoms with Crippen molar-refractivity contribution in [3.63, 3.8) is 0 Å². The van der Waals surface area contributed by atoms with E-state index in [4.69, 9.17) is 9.47 Å². The maximum absolute atomic E-state index is 12.3. The van der Waals surface area contributed by atoms with Gasteiger partial charge in [-0.1, -0.05) is 17.4 Å². The first-order valence-corrected chi connectivity index (χ1v) is 9.42. The molecule has 3 heterocycles. The second kappa shape index (κ2) is 4.83. The first-order chi connectivity index (χ1) is 10.5. The number of rotatable bonds is 2. The predicted molar refractivity (Wildman–Crippen MR) is 84.0 cm³/mol. The van der Waals surface area contributed by atoms with Crippen LogP contribution >= 0.6 is 22.7 Å². The standard InChI is InChI=1S/C13H10N2O4S3/c1-15-8-5-9-10(19-7-18-9)6-11(8)21-13(15)14-22(16,17)12-3-2-4-20-12/h2-6H,7H2,1H3. The van der Waals surface area contributed by atoms with Gasteiger partial charge < -0.3 is 14.0 Å². The number of ether oxygens (including phenoxy) is 2. The summed E-state index contributed by atoms with van der Waals surface area (Å²) in [5.41, 5.74) is 0.856. The fourth-order valence-electron chi connectivity index (χ4n) is 2.16. The molecule has 6 nitrogen and oxygen atoms in total. The minimum Gasteiger partial charge on any atom is -0.454 e. The lowest BCUT2D eigenvalue weighted by molar-refractivity contribution is 0.174. The van der Waals surface area contributed by atoms with Crippen molar-refractivity contribution in [2.24, 2.45) is 11.4 Å². The number of hydrogen-bond donors (Lipinski definition) is 0. The van der Waals surface area contributed by atoms with Gasteiger partial charge in [0.2, 0.25) is 11.6 Å². The molecule has 1 aliphatic rings. The molecule has 3 aromatic rings. The zero-order chi connectivity index (χ0) is 15.3. The van der Waals surface area contributed by atoms with Gasteiger partial charge in [-0.25, -0.2) is 0 Å². The Labute approximate surface area is 133 Å². The van der Waals surface area contributed by atoms with Crippen LogP contribution in [0.2, 0.25) is 0 Å². The third kappa shape index (κ3) is 2.13. The summed E-state index contributed by atoms with van der Waals surface area (Å²) in [6.45, 7) is 0.209. The van der Waals surface area contributed by atoms with Crippen molar-refractivity contribution in [2.75, 3.05) is 6.79 Å². The minimum atomic E-state index is -3.68. The highest BCUT2D eigenvalue weighted by molar-refractivity contribution is 7.92. The van der Waals surface area contributed by atoms with E-state index < -0.39 is 10.0 Å². The van der Waals surface area contributed by atoms with Gasteiger partial charge in [-0.05, 0) is 11.4 Å². The number of thiophene rings is 1. The van der Waals surface area contributed by atoms with Crippen LogP contribution < -0.4 is 14.3 Å². The summed E-state index contributed by atoms with van der Waals surface area (Å²) >= 11 is 2.45. The van der Waals surface area contributed by atoms with Gasteiger partial charge in [0, 0.05) is 19.2 Å². The summed E-state index contributed by atoms with van der Waals surface area (Å²) < 4.78 is 42.1. The van der Waals surface area contributed by atoms with Crippen molar-refractivity contribution in [3.05, 3.63) is 34.4 Å². The van der Waals surface area contributed by atoms with E-state index in [1.54, 1.807) is 29.1 Å². The Bertz CT molecular complexity index is 1030. The lowest BCUT2D eigenvalue weighted by atomic mass is 10.3. The van der Waals surface area contributed by atoms with Gasteiger partial charge in [0.25, 0.3) is 10.0 Å². The largest absolute Gasteiger partial charge is 0.454 e. The maximum atomic E-state index is 12.3.